The van der Waals surface area contributed by atoms with Gasteiger partial charge >= 0.3 is 0 Å². The highest BCUT2D eigenvalue weighted by molar-refractivity contribution is 5.94. The van der Waals surface area contributed by atoms with Crippen molar-refractivity contribution in [2.75, 3.05) is 51.6 Å². The van der Waals surface area contributed by atoms with Crippen molar-refractivity contribution in [1.82, 2.24) is 29.7 Å². The van der Waals surface area contributed by atoms with Crippen LogP contribution in [0.1, 0.15) is 31.2 Å². The van der Waals surface area contributed by atoms with E-state index < -0.39 is 0 Å². The molecule has 1 amide bonds. The summed E-state index contributed by atoms with van der Waals surface area (Å²) in [5.41, 5.74) is 4.58. The van der Waals surface area contributed by atoms with Gasteiger partial charge in [-0.05, 0) is 37.4 Å². The van der Waals surface area contributed by atoms with E-state index in [1.165, 1.54) is 11.1 Å². The average Bonchev–Trinajstić information content (AvgIpc) is 3.21. The molecule has 0 aliphatic carbocycles. The number of fused-ring (bicyclic) bond motifs is 1. The van der Waals surface area contributed by atoms with Gasteiger partial charge in [0.2, 0.25) is 11.9 Å². The summed E-state index contributed by atoms with van der Waals surface area (Å²) in [5.74, 6) is 0.801. The third-order valence-electron chi connectivity index (χ3n) is 6.89. The van der Waals surface area contributed by atoms with Crippen molar-refractivity contribution in [3.63, 3.8) is 0 Å². The maximum Gasteiger partial charge on any atom is 0.224 e. The molecule has 5 rings (SSSR count). The van der Waals surface area contributed by atoms with Gasteiger partial charge in [0.25, 0.3) is 0 Å². The van der Waals surface area contributed by atoms with Crippen LogP contribution in [0.2, 0.25) is 0 Å². The Hall–Kier alpha value is -2.97. The van der Waals surface area contributed by atoms with Crippen LogP contribution in [0.3, 0.4) is 0 Å². The van der Waals surface area contributed by atoms with E-state index in [4.69, 9.17) is 4.98 Å². The molecule has 2 aliphatic heterocycles. The van der Waals surface area contributed by atoms with E-state index >= 15 is 0 Å². The van der Waals surface area contributed by atoms with Crippen molar-refractivity contribution in [2.45, 2.75) is 38.8 Å². The third kappa shape index (κ3) is 5.39. The lowest BCUT2D eigenvalue weighted by molar-refractivity contribution is -0.121. The summed E-state index contributed by atoms with van der Waals surface area (Å²) in [6.45, 7) is 7.78. The smallest absolute Gasteiger partial charge is 0.224 e. The second-order valence-electron chi connectivity index (χ2n) is 9.53. The molecule has 2 aliphatic rings. The van der Waals surface area contributed by atoms with Gasteiger partial charge in [0.05, 0.1) is 0 Å². The minimum atomic E-state index is 0.132. The van der Waals surface area contributed by atoms with E-state index in [0.29, 0.717) is 12.4 Å². The van der Waals surface area contributed by atoms with Crippen LogP contribution in [0, 0.1) is 0 Å². The Balaban J connectivity index is 1.38. The molecular formula is C26H35N7O. The SMILES string of the molecule is CN1CCN(Cc2ccc(-c3cn4c5nc(ncc35)NCCCCNC(=O)CCC4)cc2)CC1. The van der Waals surface area contributed by atoms with Gasteiger partial charge in [-0.3, -0.25) is 9.69 Å². The lowest BCUT2D eigenvalue weighted by Crippen LogP contribution is -2.43. The molecule has 1 aromatic carbocycles. The number of aryl methyl sites for hydroxylation is 1. The fourth-order valence-corrected chi connectivity index (χ4v) is 4.78. The van der Waals surface area contributed by atoms with Crippen molar-refractivity contribution in [3.8, 4) is 11.1 Å². The summed E-state index contributed by atoms with van der Waals surface area (Å²) in [6, 6.07) is 8.92. The normalized spacial score (nSPS) is 19.0. The number of likely N-dealkylation sites (N-methyl/N-ethyl adjacent to an activating group) is 1. The summed E-state index contributed by atoms with van der Waals surface area (Å²) in [7, 11) is 2.19. The number of anilines is 1. The quantitative estimate of drug-likeness (QED) is 0.625. The van der Waals surface area contributed by atoms with E-state index in [1.807, 2.05) is 6.20 Å². The van der Waals surface area contributed by atoms with Crippen molar-refractivity contribution >= 4 is 22.9 Å². The number of carbonyl (C=O) groups excluding carboxylic acids is 1. The molecule has 180 valence electrons. The zero-order valence-corrected chi connectivity index (χ0v) is 20.1. The molecule has 8 heteroatoms. The van der Waals surface area contributed by atoms with Crippen molar-refractivity contribution in [1.29, 1.82) is 0 Å². The van der Waals surface area contributed by atoms with E-state index in [1.54, 1.807) is 0 Å². The number of carbonyl (C=O) groups is 1. The number of hydrogen-bond donors (Lipinski definition) is 2. The summed E-state index contributed by atoms with van der Waals surface area (Å²) in [5, 5.41) is 7.41. The largest absolute Gasteiger partial charge is 0.356 e. The van der Waals surface area contributed by atoms with Gasteiger partial charge in [-0.25, -0.2) is 4.98 Å². The van der Waals surface area contributed by atoms with Crippen LogP contribution in [-0.4, -0.2) is 76.6 Å². The van der Waals surface area contributed by atoms with Crippen molar-refractivity contribution < 1.29 is 4.79 Å². The molecule has 3 aromatic rings. The average molecular weight is 462 g/mol. The highest BCUT2D eigenvalue weighted by Gasteiger charge is 2.16. The Morgan fingerprint density at radius 3 is 2.50 bits per heavy atom. The van der Waals surface area contributed by atoms with Gasteiger partial charge < -0.3 is 20.1 Å². The molecule has 2 aromatic heterocycles. The van der Waals surface area contributed by atoms with Gasteiger partial charge in [0.1, 0.15) is 5.65 Å². The molecule has 34 heavy (non-hydrogen) atoms. The Bertz CT molecular complexity index is 1120. The summed E-state index contributed by atoms with van der Waals surface area (Å²) >= 11 is 0. The van der Waals surface area contributed by atoms with Crippen LogP contribution in [0.4, 0.5) is 5.95 Å². The second kappa shape index (κ2) is 10.5. The third-order valence-corrected chi connectivity index (χ3v) is 6.89. The molecule has 0 unspecified atom stereocenters. The van der Waals surface area contributed by atoms with Crippen molar-refractivity contribution in [3.05, 3.63) is 42.2 Å². The van der Waals surface area contributed by atoms with Crippen LogP contribution in [0.5, 0.6) is 0 Å². The number of piperazine rings is 1. The zero-order valence-electron chi connectivity index (χ0n) is 20.1. The second-order valence-corrected chi connectivity index (χ2v) is 9.53. The molecule has 0 saturated carbocycles. The molecule has 0 spiro atoms. The standard InChI is InChI=1S/C26H35N7O/c1-31-13-15-32(16-14-31)18-20-6-8-21(9-7-20)23-19-33-12-4-5-24(34)27-10-2-3-11-28-26-29-17-22(23)25(33)30-26/h6-9,17,19H,2-5,10-16,18H2,1H3,(H,27,34)(H,28,29,30). The molecule has 2 bridgehead atoms. The van der Waals surface area contributed by atoms with Gasteiger partial charge in [-0.1, -0.05) is 24.3 Å². The number of aromatic nitrogens is 3. The van der Waals surface area contributed by atoms with Gasteiger partial charge in [-0.2, -0.15) is 4.98 Å². The predicted octanol–water partition coefficient (Wildman–Crippen LogP) is 2.95. The summed E-state index contributed by atoms with van der Waals surface area (Å²) < 4.78 is 2.18. The van der Waals surface area contributed by atoms with Crippen molar-refractivity contribution in [2.24, 2.45) is 0 Å². The first kappa shape index (κ1) is 22.8. The number of hydrogen-bond acceptors (Lipinski definition) is 6. The molecule has 0 atom stereocenters. The topological polar surface area (TPSA) is 78.3 Å². The van der Waals surface area contributed by atoms with E-state index in [9.17, 15) is 4.79 Å². The summed E-state index contributed by atoms with van der Waals surface area (Å²) in [6.07, 6.45) is 7.34. The Morgan fingerprint density at radius 2 is 1.71 bits per heavy atom. The van der Waals surface area contributed by atoms with Gasteiger partial charge in [0.15, 0.2) is 0 Å². The number of rotatable bonds is 3. The van der Waals surface area contributed by atoms with E-state index in [2.05, 4.69) is 67.5 Å². The lowest BCUT2D eigenvalue weighted by Gasteiger charge is -2.32. The maximum atomic E-state index is 12.1. The molecule has 1 saturated heterocycles. The lowest BCUT2D eigenvalue weighted by atomic mass is 10.0. The monoisotopic (exact) mass is 461 g/mol. The van der Waals surface area contributed by atoms with Crippen LogP contribution in [-0.2, 0) is 17.9 Å². The molecule has 8 nitrogen and oxygen atoms in total. The van der Waals surface area contributed by atoms with Crippen LogP contribution >= 0.6 is 0 Å². The first-order valence-corrected chi connectivity index (χ1v) is 12.5. The van der Waals surface area contributed by atoms with Gasteiger partial charge in [-0.15, -0.1) is 0 Å². The minimum Gasteiger partial charge on any atom is -0.356 e. The first-order chi connectivity index (χ1) is 16.7. The van der Waals surface area contributed by atoms with E-state index in [-0.39, 0.29) is 5.91 Å². The van der Waals surface area contributed by atoms with Crippen LogP contribution in [0.15, 0.2) is 36.7 Å². The van der Waals surface area contributed by atoms with E-state index in [0.717, 1.165) is 88.2 Å². The van der Waals surface area contributed by atoms with Gasteiger partial charge in [0, 0.05) is 82.1 Å². The molecule has 0 radical (unpaired) electrons. The minimum absolute atomic E-state index is 0.132. The number of nitrogens with zero attached hydrogens (tertiary/aromatic N) is 5. The first-order valence-electron chi connectivity index (χ1n) is 12.5. The number of benzene rings is 1. The highest BCUT2D eigenvalue weighted by Crippen LogP contribution is 2.31. The molecule has 1 fully saturated rings. The Kier molecular flexibility index (Phi) is 7.06. The Labute approximate surface area is 201 Å². The predicted molar refractivity (Wildman–Crippen MR) is 136 cm³/mol. The molecule has 2 N–H and O–H groups in total. The number of nitrogens with one attached hydrogen (secondary N) is 2. The fraction of sp³-hybridized carbons (Fsp3) is 0.500. The summed E-state index contributed by atoms with van der Waals surface area (Å²) in [4.78, 5) is 26.5. The van der Waals surface area contributed by atoms with Crippen LogP contribution in [0.25, 0.3) is 22.2 Å². The maximum absolute atomic E-state index is 12.1. The number of amides is 1. The zero-order chi connectivity index (χ0) is 23.3. The molecular weight excluding hydrogens is 426 g/mol. The highest BCUT2D eigenvalue weighted by atomic mass is 16.1. The van der Waals surface area contributed by atoms with Crippen LogP contribution < -0.4 is 10.6 Å². The Morgan fingerprint density at radius 1 is 0.941 bits per heavy atom. The fourth-order valence-electron chi connectivity index (χ4n) is 4.78. The molecule has 4 heterocycles.